The molecule has 1 N–H and O–H groups in total. The highest BCUT2D eigenvalue weighted by Crippen LogP contribution is 2.61. The molecule has 4 heteroatoms. The van der Waals surface area contributed by atoms with E-state index in [9.17, 15) is 9.59 Å². The van der Waals surface area contributed by atoms with Crippen LogP contribution in [0.15, 0.2) is 0 Å². The van der Waals surface area contributed by atoms with Crippen LogP contribution < -0.4 is 5.32 Å². The molecule has 0 spiro atoms. The fraction of sp³-hybridized carbons (Fsp3) is 0.913. The van der Waals surface area contributed by atoms with Gasteiger partial charge < -0.3 is 10.2 Å². The zero-order valence-electron chi connectivity index (χ0n) is 17.3. The minimum atomic E-state index is 0.140. The van der Waals surface area contributed by atoms with Gasteiger partial charge in [0.1, 0.15) is 0 Å². The quantitative estimate of drug-likeness (QED) is 0.760. The van der Waals surface area contributed by atoms with Crippen LogP contribution in [0.25, 0.3) is 0 Å². The van der Waals surface area contributed by atoms with E-state index in [0.29, 0.717) is 11.3 Å². The van der Waals surface area contributed by atoms with Crippen molar-refractivity contribution >= 4 is 11.8 Å². The number of piperidine rings is 1. The first-order valence-corrected chi connectivity index (χ1v) is 11.6. The fourth-order valence-electron chi connectivity index (χ4n) is 7.19. The van der Waals surface area contributed by atoms with Crippen LogP contribution in [0.2, 0.25) is 0 Å². The lowest BCUT2D eigenvalue weighted by Crippen LogP contribution is -2.51. The first-order chi connectivity index (χ1) is 13.0. The normalized spacial score (nSPS) is 35.7. The minimum absolute atomic E-state index is 0.140. The molecule has 2 amide bonds. The van der Waals surface area contributed by atoms with Gasteiger partial charge in [-0.3, -0.25) is 9.59 Å². The number of carbonyl (C=O) groups excluding carboxylic acids is 2. The third kappa shape index (κ3) is 4.05. The maximum atomic E-state index is 13.1. The number of hydrogen-bond acceptors (Lipinski definition) is 2. The Bertz CT molecular complexity index is 525. The van der Waals surface area contributed by atoms with Crippen molar-refractivity contribution in [2.24, 2.45) is 29.1 Å². The molecule has 0 aromatic carbocycles. The predicted octanol–water partition coefficient (Wildman–Crippen LogP) is 4.14. The number of rotatable bonds is 6. The Kier molecular flexibility index (Phi) is 5.53. The molecule has 5 aliphatic rings. The summed E-state index contributed by atoms with van der Waals surface area (Å²) in [5.41, 5.74) is 0.340. The maximum absolute atomic E-state index is 13.1. The molecule has 1 heterocycles. The van der Waals surface area contributed by atoms with E-state index in [2.05, 4.69) is 24.1 Å². The van der Waals surface area contributed by atoms with E-state index in [4.69, 9.17) is 0 Å². The smallest absolute Gasteiger partial charge is 0.223 e. The van der Waals surface area contributed by atoms with Crippen LogP contribution >= 0.6 is 0 Å². The molecule has 0 unspecified atom stereocenters. The molecule has 152 valence electrons. The predicted molar refractivity (Wildman–Crippen MR) is 107 cm³/mol. The van der Waals surface area contributed by atoms with E-state index in [1.165, 1.54) is 38.5 Å². The van der Waals surface area contributed by atoms with E-state index in [0.717, 1.165) is 62.9 Å². The highest BCUT2D eigenvalue weighted by Gasteiger charge is 2.51. The topological polar surface area (TPSA) is 49.4 Å². The zero-order valence-corrected chi connectivity index (χ0v) is 17.3. The highest BCUT2D eigenvalue weighted by atomic mass is 16.2. The van der Waals surface area contributed by atoms with E-state index in [1.807, 2.05) is 0 Å². The average Bonchev–Trinajstić information content (AvgIpc) is 2.61. The number of hydrogen-bond donors (Lipinski definition) is 1. The summed E-state index contributed by atoms with van der Waals surface area (Å²) in [5.74, 6) is 3.47. The van der Waals surface area contributed by atoms with E-state index in [-0.39, 0.29) is 17.9 Å². The Hall–Kier alpha value is -1.06. The minimum Gasteiger partial charge on any atom is -0.353 e. The van der Waals surface area contributed by atoms with Crippen LogP contribution in [0.3, 0.4) is 0 Å². The van der Waals surface area contributed by atoms with Gasteiger partial charge in [-0.15, -0.1) is 0 Å². The summed E-state index contributed by atoms with van der Waals surface area (Å²) in [7, 11) is 0. The van der Waals surface area contributed by atoms with Crippen molar-refractivity contribution in [2.45, 2.75) is 90.5 Å². The van der Waals surface area contributed by atoms with Gasteiger partial charge >= 0.3 is 0 Å². The molecule has 4 saturated carbocycles. The lowest BCUT2D eigenvalue weighted by Gasteiger charge is -2.57. The third-order valence-corrected chi connectivity index (χ3v) is 8.24. The van der Waals surface area contributed by atoms with E-state index < -0.39 is 0 Å². The van der Waals surface area contributed by atoms with Crippen molar-refractivity contribution in [1.82, 2.24) is 10.2 Å². The van der Waals surface area contributed by atoms with Gasteiger partial charge in [0.25, 0.3) is 0 Å². The molecular formula is C23H38N2O2. The van der Waals surface area contributed by atoms with Crippen molar-refractivity contribution in [3.05, 3.63) is 0 Å². The summed E-state index contributed by atoms with van der Waals surface area (Å²) in [6, 6.07) is 0.252. The Balaban J connectivity index is 1.26. The van der Waals surface area contributed by atoms with E-state index in [1.54, 1.807) is 0 Å². The lowest BCUT2D eigenvalue weighted by atomic mass is 9.49. The van der Waals surface area contributed by atoms with Crippen LogP contribution in [-0.4, -0.2) is 35.8 Å². The number of nitrogens with one attached hydrogen (secondary N) is 1. The number of likely N-dealkylation sites (tertiary alicyclic amines) is 1. The van der Waals surface area contributed by atoms with Crippen molar-refractivity contribution in [1.29, 1.82) is 0 Å². The summed E-state index contributed by atoms with van der Waals surface area (Å²) in [5, 5.41) is 3.23. The summed E-state index contributed by atoms with van der Waals surface area (Å²) in [4.78, 5) is 27.5. The number of carbonyl (C=O) groups is 2. The lowest BCUT2D eigenvalue weighted by molar-refractivity contribution is -0.140. The Morgan fingerprint density at radius 1 is 0.963 bits per heavy atom. The third-order valence-electron chi connectivity index (χ3n) is 8.24. The monoisotopic (exact) mass is 374 g/mol. The van der Waals surface area contributed by atoms with Crippen LogP contribution in [0.1, 0.15) is 84.5 Å². The Morgan fingerprint density at radius 2 is 1.48 bits per heavy atom. The molecular weight excluding hydrogens is 336 g/mol. The maximum Gasteiger partial charge on any atom is 0.223 e. The first-order valence-electron chi connectivity index (χ1n) is 11.6. The van der Waals surface area contributed by atoms with Crippen molar-refractivity contribution in [3.63, 3.8) is 0 Å². The van der Waals surface area contributed by atoms with Crippen LogP contribution in [0.5, 0.6) is 0 Å². The molecule has 0 radical (unpaired) electrons. The second-order valence-electron chi connectivity index (χ2n) is 10.3. The fourth-order valence-corrected chi connectivity index (χ4v) is 7.19. The molecule has 0 atom stereocenters. The molecule has 4 nitrogen and oxygen atoms in total. The molecule has 4 aliphatic carbocycles. The van der Waals surface area contributed by atoms with Crippen LogP contribution in [0, 0.1) is 29.1 Å². The molecule has 0 aromatic rings. The van der Waals surface area contributed by atoms with Crippen LogP contribution in [0.4, 0.5) is 0 Å². The largest absolute Gasteiger partial charge is 0.353 e. The Morgan fingerprint density at radius 3 is 1.96 bits per heavy atom. The second-order valence-corrected chi connectivity index (χ2v) is 10.3. The average molecular weight is 375 g/mol. The van der Waals surface area contributed by atoms with Gasteiger partial charge in [-0.1, -0.05) is 13.8 Å². The van der Waals surface area contributed by atoms with Gasteiger partial charge in [0.2, 0.25) is 11.8 Å². The van der Waals surface area contributed by atoms with Gasteiger partial charge in [0.05, 0.1) is 0 Å². The van der Waals surface area contributed by atoms with Crippen molar-refractivity contribution in [3.8, 4) is 0 Å². The SMILES string of the molecule is CCC(CC)C(=O)NC1CCN(C(=O)CC23CC4CC(CC(C4)C2)C3)CC1. The summed E-state index contributed by atoms with van der Waals surface area (Å²) in [6.07, 6.45) is 12.7. The number of amides is 2. The van der Waals surface area contributed by atoms with Crippen molar-refractivity contribution < 1.29 is 9.59 Å². The van der Waals surface area contributed by atoms with Crippen molar-refractivity contribution in [2.75, 3.05) is 13.1 Å². The number of nitrogens with zero attached hydrogens (tertiary/aromatic N) is 1. The van der Waals surface area contributed by atoms with Gasteiger partial charge in [0, 0.05) is 31.5 Å². The molecule has 5 rings (SSSR count). The summed E-state index contributed by atoms with van der Waals surface area (Å²) < 4.78 is 0. The summed E-state index contributed by atoms with van der Waals surface area (Å²) >= 11 is 0. The van der Waals surface area contributed by atoms with Gasteiger partial charge in [0.15, 0.2) is 0 Å². The Labute approximate surface area is 164 Å². The second kappa shape index (κ2) is 7.75. The molecule has 1 aliphatic heterocycles. The highest BCUT2D eigenvalue weighted by molar-refractivity contribution is 5.79. The van der Waals surface area contributed by atoms with Gasteiger partial charge in [-0.2, -0.15) is 0 Å². The first kappa shape index (κ1) is 19.3. The summed E-state index contributed by atoms with van der Waals surface area (Å²) in [6.45, 7) is 5.80. The molecule has 1 saturated heterocycles. The standard InChI is InChI=1S/C23H38N2O2/c1-3-19(4-2)22(27)24-20-5-7-25(8-6-20)21(26)15-23-12-16-9-17(13-23)11-18(10-16)14-23/h16-20H,3-15H2,1-2H3,(H,24,27). The molecule has 4 bridgehead atoms. The zero-order chi connectivity index (χ0) is 19.0. The van der Waals surface area contributed by atoms with Gasteiger partial charge in [-0.25, -0.2) is 0 Å². The van der Waals surface area contributed by atoms with Gasteiger partial charge in [-0.05, 0) is 87.4 Å². The van der Waals surface area contributed by atoms with E-state index >= 15 is 0 Å². The molecule has 0 aromatic heterocycles. The van der Waals surface area contributed by atoms with Crippen LogP contribution in [-0.2, 0) is 9.59 Å². The molecule has 5 fully saturated rings. The molecule has 27 heavy (non-hydrogen) atoms.